The van der Waals surface area contributed by atoms with Crippen LogP contribution in [0.4, 0.5) is 0 Å². The van der Waals surface area contributed by atoms with Gasteiger partial charge in [-0.25, -0.2) is 0 Å². The van der Waals surface area contributed by atoms with Crippen LogP contribution in [0, 0.1) is 5.41 Å². The summed E-state index contributed by atoms with van der Waals surface area (Å²) in [6.45, 7) is 12.3. The van der Waals surface area contributed by atoms with Crippen molar-refractivity contribution in [1.82, 2.24) is 15.1 Å². The second-order valence-corrected chi connectivity index (χ2v) is 6.78. The van der Waals surface area contributed by atoms with Crippen molar-refractivity contribution in [3.05, 3.63) is 0 Å². The Balaban J connectivity index is 1.96. The molecule has 2 saturated heterocycles. The Hall–Kier alpha value is -0.160. The van der Waals surface area contributed by atoms with E-state index in [0.29, 0.717) is 11.0 Å². The fourth-order valence-corrected chi connectivity index (χ4v) is 3.29. The molecule has 1 unspecified atom stereocenters. The fourth-order valence-electron chi connectivity index (χ4n) is 3.29. The molecule has 0 aromatic heterocycles. The van der Waals surface area contributed by atoms with Gasteiger partial charge in [-0.05, 0) is 34.4 Å². The van der Waals surface area contributed by atoms with E-state index in [2.05, 4.69) is 36.0 Å². The van der Waals surface area contributed by atoms with Crippen LogP contribution in [0.1, 0.15) is 20.3 Å². The highest BCUT2D eigenvalue weighted by atomic mass is 16.5. The van der Waals surface area contributed by atoms with Crippen molar-refractivity contribution >= 4 is 0 Å². The van der Waals surface area contributed by atoms with Gasteiger partial charge in [0.1, 0.15) is 0 Å². The minimum Gasteiger partial charge on any atom is -0.381 e. The summed E-state index contributed by atoms with van der Waals surface area (Å²) < 4.78 is 5.65. The first kappa shape index (κ1) is 14.3. The Labute approximate surface area is 112 Å². The highest BCUT2D eigenvalue weighted by molar-refractivity contribution is 4.93. The molecule has 0 aliphatic carbocycles. The van der Waals surface area contributed by atoms with Gasteiger partial charge in [0.25, 0.3) is 0 Å². The van der Waals surface area contributed by atoms with Crippen LogP contribution in [0.5, 0.6) is 0 Å². The van der Waals surface area contributed by atoms with E-state index in [0.717, 1.165) is 26.3 Å². The van der Waals surface area contributed by atoms with Crippen molar-refractivity contribution in [3.8, 4) is 0 Å². The van der Waals surface area contributed by atoms with Crippen molar-refractivity contribution in [2.75, 3.05) is 60.0 Å². The molecule has 0 bridgehead atoms. The van der Waals surface area contributed by atoms with E-state index in [1.165, 1.54) is 26.1 Å². The number of likely N-dealkylation sites (N-methyl/N-ethyl adjacent to an activating group) is 1. The predicted molar refractivity (Wildman–Crippen MR) is 74.9 cm³/mol. The maximum Gasteiger partial charge on any atom is 0.0547 e. The lowest BCUT2D eigenvalue weighted by Crippen LogP contribution is -2.59. The summed E-state index contributed by atoms with van der Waals surface area (Å²) in [5.41, 5.74) is 0.624. The van der Waals surface area contributed by atoms with Gasteiger partial charge in [-0.1, -0.05) is 0 Å². The smallest absolute Gasteiger partial charge is 0.0547 e. The third-order valence-electron chi connectivity index (χ3n) is 4.69. The van der Waals surface area contributed by atoms with Crippen LogP contribution in [-0.2, 0) is 4.74 Å². The van der Waals surface area contributed by atoms with Crippen molar-refractivity contribution in [2.45, 2.75) is 25.8 Å². The van der Waals surface area contributed by atoms with E-state index in [-0.39, 0.29) is 0 Å². The first-order valence-corrected chi connectivity index (χ1v) is 7.13. The Morgan fingerprint density at radius 3 is 2.61 bits per heavy atom. The van der Waals surface area contributed by atoms with Gasteiger partial charge in [0.2, 0.25) is 0 Å². The number of ether oxygens (including phenoxy) is 1. The van der Waals surface area contributed by atoms with Crippen LogP contribution in [0.25, 0.3) is 0 Å². The molecule has 2 aliphatic rings. The second-order valence-electron chi connectivity index (χ2n) is 6.78. The number of hydrogen-bond acceptors (Lipinski definition) is 4. The predicted octanol–water partition coefficient (Wildman–Crippen LogP) is 0.639. The van der Waals surface area contributed by atoms with Crippen molar-refractivity contribution in [1.29, 1.82) is 0 Å². The zero-order valence-electron chi connectivity index (χ0n) is 12.5. The van der Waals surface area contributed by atoms with Gasteiger partial charge in [0, 0.05) is 50.3 Å². The zero-order chi connectivity index (χ0) is 13.2. The monoisotopic (exact) mass is 255 g/mol. The van der Waals surface area contributed by atoms with E-state index < -0.39 is 0 Å². The summed E-state index contributed by atoms with van der Waals surface area (Å²) in [6, 6.07) is 0. The molecule has 0 spiro atoms. The molecular formula is C14H29N3O. The lowest BCUT2D eigenvalue weighted by Gasteiger charge is -2.47. The first-order valence-electron chi connectivity index (χ1n) is 7.13. The third kappa shape index (κ3) is 3.05. The van der Waals surface area contributed by atoms with Gasteiger partial charge in [0.15, 0.2) is 0 Å². The maximum absolute atomic E-state index is 5.65. The Kier molecular flexibility index (Phi) is 4.32. The molecule has 4 nitrogen and oxygen atoms in total. The van der Waals surface area contributed by atoms with E-state index in [4.69, 9.17) is 4.74 Å². The van der Waals surface area contributed by atoms with Gasteiger partial charge in [-0.3, -0.25) is 9.80 Å². The average Bonchev–Trinajstić information content (AvgIpc) is 2.72. The van der Waals surface area contributed by atoms with Gasteiger partial charge in [-0.15, -0.1) is 0 Å². The first-order chi connectivity index (χ1) is 8.47. The summed E-state index contributed by atoms with van der Waals surface area (Å²) in [6.07, 6.45) is 1.20. The molecule has 2 aliphatic heterocycles. The number of piperazine rings is 1. The molecular weight excluding hydrogens is 226 g/mol. The molecule has 0 amide bonds. The standard InChI is InChI=1S/C14H29N3O/c1-13(2)10-17(7-6-16(13)4)11-14(9-15-3)5-8-18-12-14/h15H,5-12H2,1-4H3. The molecule has 106 valence electrons. The highest BCUT2D eigenvalue weighted by Gasteiger charge is 2.39. The van der Waals surface area contributed by atoms with Crippen LogP contribution in [0.15, 0.2) is 0 Å². The normalized spacial score (nSPS) is 34.0. The molecule has 0 aromatic carbocycles. The Morgan fingerprint density at radius 2 is 2.06 bits per heavy atom. The number of nitrogens with zero attached hydrogens (tertiary/aromatic N) is 2. The molecule has 4 heteroatoms. The Morgan fingerprint density at radius 1 is 1.28 bits per heavy atom. The number of nitrogens with one attached hydrogen (secondary N) is 1. The maximum atomic E-state index is 5.65. The van der Waals surface area contributed by atoms with E-state index >= 15 is 0 Å². The van der Waals surface area contributed by atoms with E-state index in [1.807, 2.05) is 7.05 Å². The van der Waals surface area contributed by atoms with Crippen LogP contribution < -0.4 is 5.32 Å². The van der Waals surface area contributed by atoms with Crippen molar-refractivity contribution < 1.29 is 4.74 Å². The lowest BCUT2D eigenvalue weighted by molar-refractivity contribution is 0.0131. The van der Waals surface area contributed by atoms with Gasteiger partial charge in [-0.2, -0.15) is 0 Å². The summed E-state index contributed by atoms with van der Waals surface area (Å²) >= 11 is 0. The molecule has 0 saturated carbocycles. The quantitative estimate of drug-likeness (QED) is 0.798. The number of rotatable bonds is 4. The zero-order valence-corrected chi connectivity index (χ0v) is 12.5. The summed E-state index contributed by atoms with van der Waals surface area (Å²) in [5, 5.41) is 3.35. The minimum absolute atomic E-state index is 0.290. The molecule has 2 rings (SSSR count). The molecule has 0 aromatic rings. The molecule has 2 fully saturated rings. The van der Waals surface area contributed by atoms with Gasteiger partial charge >= 0.3 is 0 Å². The van der Waals surface area contributed by atoms with Crippen LogP contribution in [0.3, 0.4) is 0 Å². The largest absolute Gasteiger partial charge is 0.381 e. The summed E-state index contributed by atoms with van der Waals surface area (Å²) in [7, 11) is 4.29. The Bertz CT molecular complexity index is 274. The molecule has 2 heterocycles. The van der Waals surface area contributed by atoms with Crippen LogP contribution >= 0.6 is 0 Å². The molecule has 1 N–H and O–H groups in total. The molecule has 0 radical (unpaired) electrons. The molecule has 18 heavy (non-hydrogen) atoms. The van der Waals surface area contributed by atoms with Crippen molar-refractivity contribution in [2.24, 2.45) is 5.41 Å². The number of hydrogen-bond donors (Lipinski definition) is 1. The van der Waals surface area contributed by atoms with Crippen LogP contribution in [-0.4, -0.2) is 75.4 Å². The van der Waals surface area contributed by atoms with Crippen LogP contribution in [0.2, 0.25) is 0 Å². The third-order valence-corrected chi connectivity index (χ3v) is 4.69. The fraction of sp³-hybridized carbons (Fsp3) is 1.00. The highest BCUT2D eigenvalue weighted by Crippen LogP contribution is 2.31. The summed E-state index contributed by atoms with van der Waals surface area (Å²) in [5.74, 6) is 0. The average molecular weight is 255 g/mol. The van der Waals surface area contributed by atoms with E-state index in [9.17, 15) is 0 Å². The SMILES string of the molecule is CNCC1(CN2CCN(C)C(C)(C)C2)CCOC1. The van der Waals surface area contributed by atoms with E-state index in [1.54, 1.807) is 0 Å². The minimum atomic E-state index is 0.290. The van der Waals surface area contributed by atoms with Gasteiger partial charge < -0.3 is 10.1 Å². The summed E-state index contributed by atoms with van der Waals surface area (Å²) in [4.78, 5) is 5.10. The molecule has 1 atom stereocenters. The topological polar surface area (TPSA) is 27.7 Å². The van der Waals surface area contributed by atoms with Gasteiger partial charge in [0.05, 0.1) is 6.61 Å². The van der Waals surface area contributed by atoms with Crippen molar-refractivity contribution in [3.63, 3.8) is 0 Å². The second kappa shape index (κ2) is 5.45. The lowest BCUT2D eigenvalue weighted by atomic mass is 9.85.